The van der Waals surface area contributed by atoms with E-state index in [9.17, 15) is 14.9 Å². The molecule has 1 aliphatic heterocycles. The molecule has 0 saturated heterocycles. The number of aryl methyl sites for hydroxylation is 2. The van der Waals surface area contributed by atoms with Crippen LogP contribution in [0.4, 0.5) is 5.69 Å². The lowest BCUT2D eigenvalue weighted by Crippen LogP contribution is -2.22. The van der Waals surface area contributed by atoms with Crippen molar-refractivity contribution in [2.75, 3.05) is 18.7 Å². The first-order valence-electron chi connectivity index (χ1n) is 9.64. The van der Waals surface area contributed by atoms with Crippen LogP contribution in [0.5, 0.6) is 11.5 Å². The minimum atomic E-state index is -0.871. The summed E-state index contributed by atoms with van der Waals surface area (Å²) in [7, 11) is 0. The molecule has 0 radical (unpaired) electrons. The molecule has 0 aromatic heterocycles. The Balaban J connectivity index is 1.64. The summed E-state index contributed by atoms with van der Waals surface area (Å²) >= 11 is 0. The maximum atomic E-state index is 12.3. The largest absolute Gasteiger partial charge is 0.454 e. The summed E-state index contributed by atoms with van der Waals surface area (Å²) < 4.78 is 15.6. The number of anilines is 1. The van der Waals surface area contributed by atoms with Crippen molar-refractivity contribution >= 4 is 23.6 Å². The molecular weight excluding hydrogens is 384 g/mol. The van der Waals surface area contributed by atoms with Gasteiger partial charge in [0.1, 0.15) is 11.6 Å². The van der Waals surface area contributed by atoms with E-state index in [-0.39, 0.29) is 12.4 Å². The average Bonchev–Trinajstić information content (AvgIpc) is 3.23. The highest BCUT2D eigenvalue weighted by atomic mass is 16.7. The minimum absolute atomic E-state index is 0.131. The molecule has 1 heterocycles. The second kappa shape index (κ2) is 9.61. The van der Waals surface area contributed by atoms with Crippen molar-refractivity contribution in [1.82, 2.24) is 0 Å². The predicted octanol–water partition coefficient (Wildman–Crippen LogP) is 3.63. The monoisotopic (exact) mass is 406 g/mol. The quantitative estimate of drug-likeness (QED) is 0.428. The first kappa shape index (κ1) is 20.9. The normalized spacial score (nSPS) is 12.2. The number of carbonyl (C=O) groups is 2. The third-order valence-corrected chi connectivity index (χ3v) is 4.65. The lowest BCUT2D eigenvalue weighted by atomic mass is 10.0. The lowest BCUT2D eigenvalue weighted by Gasteiger charge is -2.14. The number of fused-ring (bicyclic) bond motifs is 1. The van der Waals surface area contributed by atoms with Gasteiger partial charge in [-0.1, -0.05) is 38.1 Å². The summed E-state index contributed by atoms with van der Waals surface area (Å²) in [5.41, 5.74) is 3.13. The van der Waals surface area contributed by atoms with Gasteiger partial charge in [-0.3, -0.25) is 4.79 Å². The smallest absolute Gasteiger partial charge is 0.349 e. The first-order valence-corrected chi connectivity index (χ1v) is 9.64. The molecular formula is C23H22N2O5. The molecule has 0 spiro atoms. The number of esters is 1. The molecule has 0 bridgehead atoms. The summed E-state index contributed by atoms with van der Waals surface area (Å²) in [5, 5.41) is 12.1. The molecule has 7 heteroatoms. The van der Waals surface area contributed by atoms with Crippen LogP contribution in [0.15, 0.2) is 42.0 Å². The molecule has 30 heavy (non-hydrogen) atoms. The average molecular weight is 406 g/mol. The molecule has 1 N–H and O–H groups in total. The van der Waals surface area contributed by atoms with E-state index in [4.69, 9.17) is 14.2 Å². The van der Waals surface area contributed by atoms with Crippen molar-refractivity contribution in [2.45, 2.75) is 26.7 Å². The number of benzene rings is 2. The van der Waals surface area contributed by atoms with E-state index in [2.05, 4.69) is 5.32 Å². The zero-order chi connectivity index (χ0) is 21.5. The van der Waals surface area contributed by atoms with Gasteiger partial charge in [0.15, 0.2) is 18.1 Å². The fourth-order valence-corrected chi connectivity index (χ4v) is 3.09. The highest BCUT2D eigenvalue weighted by Crippen LogP contribution is 2.33. The zero-order valence-corrected chi connectivity index (χ0v) is 16.9. The molecule has 0 saturated carbocycles. The molecule has 2 aromatic carbocycles. The topological polar surface area (TPSA) is 97.7 Å². The molecule has 0 aliphatic carbocycles. The number of nitrogens with one attached hydrogen (secondary N) is 1. The molecule has 0 unspecified atom stereocenters. The van der Waals surface area contributed by atoms with Gasteiger partial charge < -0.3 is 19.5 Å². The van der Waals surface area contributed by atoms with Crippen LogP contribution in [0.1, 0.15) is 30.5 Å². The van der Waals surface area contributed by atoms with Gasteiger partial charge in [-0.05, 0) is 47.7 Å². The molecule has 1 amide bonds. The van der Waals surface area contributed by atoms with E-state index in [1.165, 1.54) is 6.08 Å². The molecule has 1 aliphatic rings. The highest BCUT2D eigenvalue weighted by Gasteiger charge is 2.17. The van der Waals surface area contributed by atoms with Crippen molar-refractivity contribution in [3.8, 4) is 17.6 Å². The fourth-order valence-electron chi connectivity index (χ4n) is 3.09. The maximum absolute atomic E-state index is 12.3. The third-order valence-electron chi connectivity index (χ3n) is 4.65. The minimum Gasteiger partial charge on any atom is -0.454 e. The SMILES string of the molecule is CCc1cccc(CC)c1NC(=O)COC(=O)/C(C#N)=C/c1ccc2c(c1)OCO2. The van der Waals surface area contributed by atoms with Crippen LogP contribution in [0, 0.1) is 11.3 Å². The van der Waals surface area contributed by atoms with Gasteiger partial charge in [0.25, 0.3) is 5.91 Å². The number of carbonyl (C=O) groups excluding carboxylic acids is 2. The number of nitriles is 1. The predicted molar refractivity (Wildman–Crippen MR) is 111 cm³/mol. The molecule has 7 nitrogen and oxygen atoms in total. The van der Waals surface area contributed by atoms with E-state index in [0.717, 1.165) is 29.7 Å². The number of hydrogen-bond donors (Lipinski definition) is 1. The third kappa shape index (κ3) is 4.78. The Morgan fingerprint density at radius 1 is 1.13 bits per heavy atom. The van der Waals surface area contributed by atoms with Gasteiger partial charge >= 0.3 is 5.97 Å². The Hall–Kier alpha value is -3.79. The number of ether oxygens (including phenoxy) is 3. The lowest BCUT2D eigenvalue weighted by molar-refractivity contribution is -0.142. The summed E-state index contributed by atoms with van der Waals surface area (Å²) in [6, 6.07) is 12.7. The fraction of sp³-hybridized carbons (Fsp3) is 0.261. The van der Waals surface area contributed by atoms with E-state index < -0.39 is 18.5 Å². The maximum Gasteiger partial charge on any atom is 0.349 e. The summed E-state index contributed by atoms with van der Waals surface area (Å²) in [5.74, 6) is -0.192. The van der Waals surface area contributed by atoms with Crippen molar-refractivity contribution < 1.29 is 23.8 Å². The highest BCUT2D eigenvalue weighted by molar-refractivity contribution is 6.00. The van der Waals surface area contributed by atoms with Crippen LogP contribution in [-0.4, -0.2) is 25.3 Å². The molecule has 154 valence electrons. The van der Waals surface area contributed by atoms with Crippen molar-refractivity contribution in [2.24, 2.45) is 0 Å². The Morgan fingerprint density at radius 2 is 1.83 bits per heavy atom. The van der Waals surface area contributed by atoms with Crippen LogP contribution in [0.2, 0.25) is 0 Å². The van der Waals surface area contributed by atoms with Crippen LogP contribution < -0.4 is 14.8 Å². The Bertz CT molecular complexity index is 1010. The molecule has 0 atom stereocenters. The van der Waals surface area contributed by atoms with Gasteiger partial charge in [-0.15, -0.1) is 0 Å². The molecule has 2 aromatic rings. The van der Waals surface area contributed by atoms with Crippen LogP contribution in [0.25, 0.3) is 6.08 Å². The molecule has 0 fully saturated rings. The number of rotatable bonds is 7. The number of para-hydroxylation sites is 1. The Kier molecular flexibility index (Phi) is 6.71. The molecule has 3 rings (SSSR count). The summed E-state index contributed by atoms with van der Waals surface area (Å²) in [4.78, 5) is 24.6. The van der Waals surface area contributed by atoms with Crippen LogP contribution in [-0.2, 0) is 27.2 Å². The Labute approximate surface area is 174 Å². The van der Waals surface area contributed by atoms with Crippen molar-refractivity contribution in [3.63, 3.8) is 0 Å². The Morgan fingerprint density at radius 3 is 2.50 bits per heavy atom. The second-order valence-electron chi connectivity index (χ2n) is 6.57. The van der Waals surface area contributed by atoms with Gasteiger partial charge in [0.05, 0.1) is 0 Å². The van der Waals surface area contributed by atoms with E-state index in [0.29, 0.717) is 17.1 Å². The first-order chi connectivity index (χ1) is 14.5. The van der Waals surface area contributed by atoms with E-state index in [1.807, 2.05) is 38.1 Å². The van der Waals surface area contributed by atoms with Crippen LogP contribution >= 0.6 is 0 Å². The standard InChI is InChI=1S/C23H22N2O5/c1-3-16-6-5-7-17(4-2)22(16)25-21(26)13-28-23(27)18(12-24)10-15-8-9-19-20(11-15)30-14-29-19/h5-11H,3-4,13-14H2,1-2H3,(H,25,26)/b18-10+. The van der Waals surface area contributed by atoms with E-state index >= 15 is 0 Å². The zero-order valence-electron chi connectivity index (χ0n) is 16.9. The van der Waals surface area contributed by atoms with Gasteiger partial charge in [0, 0.05) is 5.69 Å². The number of hydrogen-bond acceptors (Lipinski definition) is 6. The van der Waals surface area contributed by atoms with Crippen molar-refractivity contribution in [3.05, 3.63) is 58.7 Å². The second-order valence-corrected chi connectivity index (χ2v) is 6.57. The van der Waals surface area contributed by atoms with Gasteiger partial charge in [-0.2, -0.15) is 5.26 Å². The van der Waals surface area contributed by atoms with Gasteiger partial charge in [-0.25, -0.2) is 4.79 Å². The summed E-state index contributed by atoms with van der Waals surface area (Å²) in [6.45, 7) is 3.65. The summed E-state index contributed by atoms with van der Waals surface area (Å²) in [6.07, 6.45) is 2.91. The number of amides is 1. The van der Waals surface area contributed by atoms with Gasteiger partial charge in [0.2, 0.25) is 6.79 Å². The van der Waals surface area contributed by atoms with E-state index in [1.54, 1.807) is 18.2 Å². The van der Waals surface area contributed by atoms with Crippen molar-refractivity contribution in [1.29, 1.82) is 5.26 Å². The number of nitrogens with zero attached hydrogens (tertiary/aromatic N) is 1. The van der Waals surface area contributed by atoms with Crippen LogP contribution in [0.3, 0.4) is 0 Å².